The van der Waals surface area contributed by atoms with E-state index in [1.807, 2.05) is 30.1 Å². The number of allylic oxidation sites excluding steroid dienone is 3. The molecule has 1 atom stereocenters. The van der Waals surface area contributed by atoms with Crippen LogP contribution in [0.15, 0.2) is 28.9 Å². The van der Waals surface area contributed by atoms with E-state index < -0.39 is 0 Å². The molecule has 0 aromatic carbocycles. The molecule has 0 spiro atoms. The highest BCUT2D eigenvalue weighted by molar-refractivity contribution is 5.97. The van der Waals surface area contributed by atoms with Gasteiger partial charge in [0.2, 0.25) is 0 Å². The third kappa shape index (κ3) is 0.928. The molecule has 0 amide bonds. The lowest BCUT2D eigenvalue weighted by Gasteiger charge is -2.19. The van der Waals surface area contributed by atoms with Crippen LogP contribution in [0.4, 0.5) is 0 Å². The van der Waals surface area contributed by atoms with Crippen LogP contribution in [-0.2, 0) is 0 Å². The molecule has 2 heterocycles. The van der Waals surface area contributed by atoms with E-state index >= 15 is 0 Å². The Kier molecular flexibility index (Phi) is 1.47. The topological polar surface area (TPSA) is 39.4 Å². The fourth-order valence-corrected chi connectivity index (χ4v) is 1.46. The van der Waals surface area contributed by atoms with Crippen molar-refractivity contribution in [1.29, 1.82) is 5.26 Å². The Labute approximate surface area is 71.3 Å². The molecule has 0 saturated carbocycles. The average Bonchev–Trinajstić information content (AvgIpc) is 2.44. The standard InChI is InChI=1S/C9H9N3/c1-7-6-12-8(5-10)3-2-4-9(12)11-7/h2-4,7H,6H2,1H3/t7-/m1/s1. The zero-order chi connectivity index (χ0) is 8.55. The molecule has 0 aliphatic carbocycles. The first-order valence-electron chi connectivity index (χ1n) is 3.95. The Hall–Kier alpha value is -1.56. The van der Waals surface area contributed by atoms with Gasteiger partial charge in [-0.05, 0) is 19.1 Å². The SMILES string of the molecule is C[C@@H]1CN2C(C#N)=CC=CC2=N1. The monoisotopic (exact) mass is 159 g/mol. The quantitative estimate of drug-likeness (QED) is 0.530. The van der Waals surface area contributed by atoms with E-state index in [1.165, 1.54) is 0 Å². The van der Waals surface area contributed by atoms with Crippen LogP contribution in [0.25, 0.3) is 0 Å². The van der Waals surface area contributed by atoms with Crippen LogP contribution < -0.4 is 0 Å². The third-order valence-electron chi connectivity index (χ3n) is 1.98. The van der Waals surface area contributed by atoms with E-state index in [0.29, 0.717) is 11.7 Å². The van der Waals surface area contributed by atoms with Gasteiger partial charge in [-0.25, -0.2) is 0 Å². The molecule has 0 saturated heterocycles. The molecule has 2 aliphatic rings. The first-order chi connectivity index (χ1) is 5.81. The minimum atomic E-state index is 0.305. The lowest BCUT2D eigenvalue weighted by atomic mass is 10.2. The second-order valence-electron chi connectivity index (χ2n) is 2.97. The van der Waals surface area contributed by atoms with E-state index in [0.717, 1.165) is 12.4 Å². The molecular weight excluding hydrogens is 150 g/mol. The molecule has 60 valence electrons. The Morgan fingerprint density at radius 2 is 2.58 bits per heavy atom. The highest BCUT2D eigenvalue weighted by Crippen LogP contribution is 2.18. The summed E-state index contributed by atoms with van der Waals surface area (Å²) in [5, 5.41) is 8.78. The highest BCUT2D eigenvalue weighted by Gasteiger charge is 2.24. The zero-order valence-corrected chi connectivity index (χ0v) is 6.86. The third-order valence-corrected chi connectivity index (χ3v) is 1.98. The van der Waals surface area contributed by atoms with Crippen molar-refractivity contribution in [2.45, 2.75) is 13.0 Å². The maximum absolute atomic E-state index is 8.78. The summed E-state index contributed by atoms with van der Waals surface area (Å²) in [5.41, 5.74) is 0.695. The van der Waals surface area contributed by atoms with E-state index in [9.17, 15) is 0 Å². The van der Waals surface area contributed by atoms with Gasteiger partial charge >= 0.3 is 0 Å². The van der Waals surface area contributed by atoms with Gasteiger partial charge in [-0.1, -0.05) is 6.08 Å². The molecule has 0 N–H and O–H groups in total. The summed E-state index contributed by atoms with van der Waals surface area (Å²) in [6.07, 6.45) is 5.62. The van der Waals surface area contributed by atoms with Crippen molar-refractivity contribution in [2.75, 3.05) is 6.54 Å². The maximum atomic E-state index is 8.78. The largest absolute Gasteiger partial charge is 0.316 e. The summed E-state index contributed by atoms with van der Waals surface area (Å²) in [6, 6.07) is 2.46. The van der Waals surface area contributed by atoms with Crippen molar-refractivity contribution < 1.29 is 0 Å². The molecule has 0 aromatic heterocycles. The van der Waals surface area contributed by atoms with Gasteiger partial charge < -0.3 is 4.90 Å². The van der Waals surface area contributed by atoms with E-state index in [4.69, 9.17) is 5.26 Å². The van der Waals surface area contributed by atoms with Crippen molar-refractivity contribution >= 4 is 5.84 Å². The summed E-state index contributed by atoms with van der Waals surface area (Å²) in [6.45, 7) is 2.88. The maximum Gasteiger partial charge on any atom is 0.128 e. The summed E-state index contributed by atoms with van der Waals surface area (Å²) >= 11 is 0. The van der Waals surface area contributed by atoms with E-state index in [-0.39, 0.29) is 0 Å². The average molecular weight is 159 g/mol. The van der Waals surface area contributed by atoms with Gasteiger partial charge in [0.15, 0.2) is 0 Å². The van der Waals surface area contributed by atoms with Gasteiger partial charge in [-0.15, -0.1) is 0 Å². The molecule has 3 nitrogen and oxygen atoms in total. The minimum absolute atomic E-state index is 0.305. The van der Waals surface area contributed by atoms with Crippen molar-refractivity contribution in [3.63, 3.8) is 0 Å². The van der Waals surface area contributed by atoms with Gasteiger partial charge in [0, 0.05) is 6.54 Å². The van der Waals surface area contributed by atoms with Gasteiger partial charge in [0.05, 0.1) is 6.04 Å². The smallest absolute Gasteiger partial charge is 0.128 e. The van der Waals surface area contributed by atoms with Crippen LogP contribution in [0.3, 0.4) is 0 Å². The van der Waals surface area contributed by atoms with Crippen LogP contribution in [0, 0.1) is 11.3 Å². The van der Waals surface area contributed by atoms with Crippen LogP contribution in [-0.4, -0.2) is 23.3 Å². The lowest BCUT2D eigenvalue weighted by molar-refractivity contribution is 0.535. The van der Waals surface area contributed by atoms with Crippen molar-refractivity contribution in [2.24, 2.45) is 4.99 Å². The van der Waals surface area contributed by atoms with E-state index in [2.05, 4.69) is 11.1 Å². The van der Waals surface area contributed by atoms with Gasteiger partial charge in [0.25, 0.3) is 0 Å². The lowest BCUT2D eigenvalue weighted by Crippen LogP contribution is -2.27. The number of hydrogen-bond acceptors (Lipinski definition) is 3. The molecule has 0 aromatic rings. The summed E-state index contributed by atoms with van der Waals surface area (Å²) in [7, 11) is 0. The molecule has 3 heteroatoms. The number of nitrogens with zero attached hydrogens (tertiary/aromatic N) is 3. The predicted octanol–water partition coefficient (Wildman–Crippen LogP) is 1.07. The van der Waals surface area contributed by atoms with Crippen LogP contribution in [0.1, 0.15) is 6.92 Å². The Morgan fingerprint density at radius 1 is 1.75 bits per heavy atom. The van der Waals surface area contributed by atoms with Crippen LogP contribution in [0.2, 0.25) is 0 Å². The normalized spacial score (nSPS) is 26.0. The number of rotatable bonds is 0. The molecule has 2 rings (SSSR count). The van der Waals surface area contributed by atoms with Gasteiger partial charge in [-0.3, -0.25) is 4.99 Å². The summed E-state index contributed by atoms with van der Waals surface area (Å²) in [5.74, 6) is 0.918. The number of amidine groups is 1. The van der Waals surface area contributed by atoms with Crippen molar-refractivity contribution in [3.05, 3.63) is 23.9 Å². The minimum Gasteiger partial charge on any atom is -0.316 e. The fourth-order valence-electron chi connectivity index (χ4n) is 1.46. The zero-order valence-electron chi connectivity index (χ0n) is 6.86. The van der Waals surface area contributed by atoms with Crippen molar-refractivity contribution in [1.82, 2.24) is 4.90 Å². The summed E-state index contributed by atoms with van der Waals surface area (Å²) < 4.78 is 0. The van der Waals surface area contributed by atoms with E-state index in [1.54, 1.807) is 0 Å². The number of hydrogen-bond donors (Lipinski definition) is 0. The Bertz CT molecular complexity index is 330. The molecule has 0 bridgehead atoms. The molecule has 0 unspecified atom stereocenters. The first kappa shape index (κ1) is 7.11. The van der Waals surface area contributed by atoms with Crippen LogP contribution in [0.5, 0.6) is 0 Å². The summed E-state index contributed by atoms with van der Waals surface area (Å²) in [4.78, 5) is 6.32. The molecule has 2 aliphatic heterocycles. The number of aliphatic imine (C=N–C) groups is 1. The number of nitriles is 1. The molecule has 0 fully saturated rings. The van der Waals surface area contributed by atoms with Gasteiger partial charge in [0.1, 0.15) is 17.6 Å². The number of fused-ring (bicyclic) bond motifs is 1. The highest BCUT2D eigenvalue weighted by atomic mass is 15.3. The second-order valence-corrected chi connectivity index (χ2v) is 2.97. The second kappa shape index (κ2) is 2.49. The van der Waals surface area contributed by atoms with Gasteiger partial charge in [-0.2, -0.15) is 5.26 Å². The van der Waals surface area contributed by atoms with Crippen LogP contribution >= 0.6 is 0 Å². The predicted molar refractivity (Wildman–Crippen MR) is 46.4 cm³/mol. The first-order valence-corrected chi connectivity index (χ1v) is 3.95. The van der Waals surface area contributed by atoms with Crippen molar-refractivity contribution in [3.8, 4) is 6.07 Å². The molecular formula is C9H9N3. The molecule has 12 heavy (non-hydrogen) atoms. The Balaban J connectivity index is 2.36. The Morgan fingerprint density at radius 3 is 3.33 bits per heavy atom. The fraction of sp³-hybridized carbons (Fsp3) is 0.333. The molecule has 0 radical (unpaired) electrons.